The lowest BCUT2D eigenvalue weighted by atomic mass is 10.1. The van der Waals surface area contributed by atoms with Crippen LogP contribution in [0.1, 0.15) is 22.5 Å². The van der Waals surface area contributed by atoms with Gasteiger partial charge in [-0.3, -0.25) is 4.79 Å². The third kappa shape index (κ3) is 6.31. The number of benzene rings is 3. The molecule has 1 aromatic heterocycles. The number of hydrogen-bond acceptors (Lipinski definition) is 7. The van der Waals surface area contributed by atoms with Gasteiger partial charge in [-0.05, 0) is 41.8 Å². The topological polar surface area (TPSA) is 61.8 Å². The zero-order valence-electron chi connectivity index (χ0n) is 21.9. The van der Waals surface area contributed by atoms with Crippen molar-refractivity contribution in [1.29, 1.82) is 0 Å². The smallest absolute Gasteiger partial charge is 0.242 e. The number of rotatable bonds is 9. The Morgan fingerprint density at radius 2 is 1.68 bits per heavy atom. The van der Waals surface area contributed by atoms with E-state index in [1.807, 2.05) is 47.4 Å². The monoisotopic (exact) mass is 527 g/mol. The number of ether oxygens (including phenoxy) is 1. The molecule has 4 aromatic rings. The summed E-state index contributed by atoms with van der Waals surface area (Å²) in [7, 11) is 1.67. The van der Waals surface area contributed by atoms with Crippen LogP contribution in [0.3, 0.4) is 0 Å². The molecule has 0 saturated carbocycles. The van der Waals surface area contributed by atoms with E-state index in [1.165, 1.54) is 22.8 Å². The Bertz CT molecular complexity index is 1350. The molecule has 0 atom stereocenters. The largest absolute Gasteiger partial charge is 0.497 e. The number of nitrogens with zero attached hydrogens (tertiary/aromatic N) is 5. The highest BCUT2D eigenvalue weighted by Crippen LogP contribution is 2.24. The predicted molar refractivity (Wildman–Crippen MR) is 153 cm³/mol. The summed E-state index contributed by atoms with van der Waals surface area (Å²) in [6.45, 7) is 6.10. The molecule has 0 unspecified atom stereocenters. The number of amides is 1. The lowest BCUT2D eigenvalue weighted by Crippen LogP contribution is -2.51. The quantitative estimate of drug-likeness (QED) is 0.312. The van der Waals surface area contributed by atoms with Crippen LogP contribution in [0.2, 0.25) is 0 Å². The highest BCUT2D eigenvalue weighted by Gasteiger charge is 2.25. The fraction of sp³-hybridized carbons (Fsp3) is 0.300. The van der Waals surface area contributed by atoms with Gasteiger partial charge in [-0.2, -0.15) is 4.37 Å². The number of carbonyl (C=O) groups excluding carboxylic acids is 1. The second-order valence-electron chi connectivity index (χ2n) is 9.52. The fourth-order valence-corrected chi connectivity index (χ4v) is 5.47. The maximum absolute atomic E-state index is 13.5. The first-order valence-corrected chi connectivity index (χ1v) is 13.7. The second-order valence-corrected chi connectivity index (χ2v) is 10.2. The molecule has 0 aliphatic carbocycles. The van der Waals surface area contributed by atoms with Crippen molar-refractivity contribution >= 4 is 28.3 Å². The van der Waals surface area contributed by atoms with Gasteiger partial charge in [0.15, 0.2) is 0 Å². The van der Waals surface area contributed by atoms with Crippen molar-refractivity contribution in [2.75, 3.05) is 49.6 Å². The zero-order chi connectivity index (χ0) is 26.3. The molecule has 3 aromatic carbocycles. The van der Waals surface area contributed by atoms with Crippen LogP contribution in [-0.4, -0.2) is 60.0 Å². The lowest BCUT2D eigenvalue weighted by molar-refractivity contribution is -0.130. The third-order valence-corrected chi connectivity index (χ3v) is 7.67. The van der Waals surface area contributed by atoms with Crippen LogP contribution in [0.25, 0.3) is 0 Å². The molecule has 8 heteroatoms. The molecule has 1 fully saturated rings. The Kier molecular flexibility index (Phi) is 8.19. The van der Waals surface area contributed by atoms with E-state index < -0.39 is 0 Å². The van der Waals surface area contributed by atoms with Crippen LogP contribution in [-0.2, 0) is 17.8 Å². The Morgan fingerprint density at radius 1 is 0.947 bits per heavy atom. The van der Waals surface area contributed by atoms with Crippen molar-refractivity contribution in [3.05, 3.63) is 101 Å². The molecular weight excluding hydrogens is 494 g/mol. The molecule has 7 nitrogen and oxygen atoms in total. The Labute approximate surface area is 228 Å². The highest BCUT2D eigenvalue weighted by atomic mass is 32.1. The van der Waals surface area contributed by atoms with Gasteiger partial charge in [-0.25, -0.2) is 4.98 Å². The summed E-state index contributed by atoms with van der Waals surface area (Å²) in [5.74, 6) is 1.68. The van der Waals surface area contributed by atoms with Gasteiger partial charge in [0.05, 0.1) is 13.7 Å². The van der Waals surface area contributed by atoms with Gasteiger partial charge < -0.3 is 19.4 Å². The van der Waals surface area contributed by atoms with Crippen LogP contribution < -0.4 is 14.5 Å². The standard InChI is InChI=1S/C30H33N5O2S/c1-23-9-6-7-14-27(23)33-15-17-34(18-16-33)29(36)22-35(21-24-10-4-3-5-11-24)30-31-28(32-38-30)20-25-12-8-13-26(19-25)37-2/h3-14,19H,15-18,20-22H2,1-2H3. The summed E-state index contributed by atoms with van der Waals surface area (Å²) in [4.78, 5) is 24.7. The van der Waals surface area contributed by atoms with Gasteiger partial charge >= 0.3 is 0 Å². The molecule has 1 aliphatic heterocycles. The van der Waals surface area contributed by atoms with Gasteiger partial charge in [0.1, 0.15) is 11.6 Å². The first kappa shape index (κ1) is 25.7. The number of carbonyl (C=O) groups is 1. The molecule has 0 spiro atoms. The second kappa shape index (κ2) is 12.1. The minimum atomic E-state index is 0.120. The molecule has 2 heterocycles. The molecule has 0 bridgehead atoms. The molecule has 38 heavy (non-hydrogen) atoms. The summed E-state index contributed by atoms with van der Waals surface area (Å²) >= 11 is 1.35. The van der Waals surface area contributed by atoms with Crippen molar-refractivity contribution in [3.8, 4) is 5.75 Å². The SMILES string of the molecule is COc1cccc(Cc2nsc(N(CC(=O)N3CCN(c4ccccc4C)CC3)Cc3ccccc3)n2)c1. The van der Waals surface area contributed by atoms with E-state index in [2.05, 4.69) is 57.5 Å². The van der Waals surface area contributed by atoms with Gasteiger partial charge in [-0.15, -0.1) is 0 Å². The van der Waals surface area contributed by atoms with E-state index in [0.29, 0.717) is 26.1 Å². The molecule has 1 saturated heterocycles. The normalized spacial score (nSPS) is 13.4. The van der Waals surface area contributed by atoms with Gasteiger partial charge in [0.2, 0.25) is 11.0 Å². The molecule has 0 N–H and O–H groups in total. The maximum atomic E-state index is 13.5. The average Bonchev–Trinajstić information content (AvgIpc) is 3.42. The van der Waals surface area contributed by atoms with Crippen molar-refractivity contribution < 1.29 is 9.53 Å². The fourth-order valence-electron chi connectivity index (χ4n) is 4.78. The first-order valence-electron chi connectivity index (χ1n) is 12.9. The highest BCUT2D eigenvalue weighted by molar-refractivity contribution is 7.09. The van der Waals surface area contributed by atoms with Crippen molar-refractivity contribution in [2.24, 2.45) is 0 Å². The maximum Gasteiger partial charge on any atom is 0.242 e. The van der Waals surface area contributed by atoms with E-state index in [1.54, 1.807) is 7.11 Å². The number of para-hydroxylation sites is 1. The minimum Gasteiger partial charge on any atom is -0.497 e. The van der Waals surface area contributed by atoms with E-state index in [-0.39, 0.29) is 12.5 Å². The number of aromatic nitrogens is 2. The van der Waals surface area contributed by atoms with E-state index >= 15 is 0 Å². The van der Waals surface area contributed by atoms with E-state index in [0.717, 1.165) is 40.9 Å². The Hall–Kier alpha value is -3.91. The molecular formula is C30H33N5O2S. The summed E-state index contributed by atoms with van der Waals surface area (Å²) in [5.41, 5.74) is 4.74. The molecule has 1 amide bonds. The van der Waals surface area contributed by atoms with E-state index in [9.17, 15) is 4.79 Å². The molecule has 5 rings (SSSR count). The van der Waals surface area contributed by atoms with Crippen LogP contribution in [0, 0.1) is 6.92 Å². The molecule has 196 valence electrons. The van der Waals surface area contributed by atoms with Crippen LogP contribution in [0.15, 0.2) is 78.9 Å². The van der Waals surface area contributed by atoms with E-state index in [4.69, 9.17) is 9.72 Å². The summed E-state index contributed by atoms with van der Waals surface area (Å²) in [6, 6.07) is 26.6. The Balaban J connectivity index is 1.27. The van der Waals surface area contributed by atoms with Gasteiger partial charge in [-0.1, -0.05) is 60.7 Å². The van der Waals surface area contributed by atoms with Crippen LogP contribution >= 0.6 is 11.5 Å². The van der Waals surface area contributed by atoms with Crippen molar-refractivity contribution in [2.45, 2.75) is 19.9 Å². The summed E-state index contributed by atoms with van der Waals surface area (Å²) < 4.78 is 9.97. The summed E-state index contributed by atoms with van der Waals surface area (Å²) in [5, 5.41) is 0.763. The number of anilines is 2. The summed E-state index contributed by atoms with van der Waals surface area (Å²) in [6.07, 6.45) is 0.613. The predicted octanol–water partition coefficient (Wildman–Crippen LogP) is 4.80. The number of hydrogen-bond donors (Lipinski definition) is 0. The first-order chi connectivity index (χ1) is 18.6. The average molecular weight is 528 g/mol. The third-order valence-electron chi connectivity index (χ3n) is 6.86. The Morgan fingerprint density at radius 3 is 2.45 bits per heavy atom. The van der Waals surface area contributed by atoms with Crippen molar-refractivity contribution in [3.63, 3.8) is 0 Å². The van der Waals surface area contributed by atoms with Gasteiger partial charge in [0, 0.05) is 56.4 Å². The van der Waals surface area contributed by atoms with Gasteiger partial charge in [0.25, 0.3) is 0 Å². The lowest BCUT2D eigenvalue weighted by Gasteiger charge is -2.37. The van der Waals surface area contributed by atoms with Crippen LogP contribution in [0.4, 0.5) is 10.8 Å². The minimum absolute atomic E-state index is 0.120. The number of aryl methyl sites for hydroxylation is 1. The van der Waals surface area contributed by atoms with Crippen molar-refractivity contribution in [1.82, 2.24) is 14.3 Å². The number of piperazine rings is 1. The zero-order valence-corrected chi connectivity index (χ0v) is 22.7. The number of methoxy groups -OCH3 is 1. The molecule has 1 aliphatic rings. The van der Waals surface area contributed by atoms with Crippen LogP contribution in [0.5, 0.6) is 5.75 Å². The molecule has 0 radical (unpaired) electrons.